The molecule has 20 heavy (non-hydrogen) atoms. The normalized spacial score (nSPS) is 10.1. The Bertz CT molecular complexity index is 430. The standard InChI is InChI=1S/C14H19NO5/c1-19-8-9-20-12-4-2-11(3-5-12)10-15-13(16)6-7-14(17)18/h2-5H,6-10H2,1H3,(H,15,16)(H,17,18). The lowest BCUT2D eigenvalue weighted by molar-refractivity contribution is -0.138. The van der Waals surface area contributed by atoms with Crippen LogP contribution in [0.4, 0.5) is 0 Å². The van der Waals surface area contributed by atoms with E-state index in [9.17, 15) is 9.59 Å². The number of carboxylic acids is 1. The van der Waals surface area contributed by atoms with Crippen LogP contribution in [0, 0.1) is 0 Å². The molecule has 0 fully saturated rings. The minimum Gasteiger partial charge on any atom is -0.491 e. The molecule has 6 heteroatoms. The second-order valence-electron chi connectivity index (χ2n) is 4.16. The molecule has 0 aliphatic heterocycles. The fraction of sp³-hybridized carbons (Fsp3) is 0.429. The van der Waals surface area contributed by atoms with E-state index in [1.807, 2.05) is 24.3 Å². The number of carboxylic acid groups (broad SMARTS) is 1. The highest BCUT2D eigenvalue weighted by atomic mass is 16.5. The second kappa shape index (κ2) is 8.92. The molecule has 1 amide bonds. The van der Waals surface area contributed by atoms with E-state index in [2.05, 4.69) is 5.32 Å². The van der Waals surface area contributed by atoms with Crippen molar-refractivity contribution in [2.75, 3.05) is 20.3 Å². The van der Waals surface area contributed by atoms with Gasteiger partial charge < -0.3 is 19.9 Å². The predicted octanol–water partition coefficient (Wildman–Crippen LogP) is 1.19. The molecule has 0 heterocycles. The number of rotatable bonds is 9. The Labute approximate surface area is 117 Å². The zero-order chi connectivity index (χ0) is 14.8. The largest absolute Gasteiger partial charge is 0.491 e. The molecular weight excluding hydrogens is 262 g/mol. The fourth-order valence-electron chi connectivity index (χ4n) is 1.46. The number of aliphatic carboxylic acids is 1. The summed E-state index contributed by atoms with van der Waals surface area (Å²) >= 11 is 0. The summed E-state index contributed by atoms with van der Waals surface area (Å²) in [5, 5.41) is 11.1. The molecule has 0 unspecified atom stereocenters. The molecule has 1 aromatic carbocycles. The van der Waals surface area contributed by atoms with Gasteiger partial charge >= 0.3 is 5.97 Å². The smallest absolute Gasteiger partial charge is 0.303 e. The van der Waals surface area contributed by atoms with Gasteiger partial charge in [0.25, 0.3) is 0 Å². The first kappa shape index (κ1) is 16.0. The summed E-state index contributed by atoms with van der Waals surface area (Å²) in [6.07, 6.45) is -0.161. The second-order valence-corrected chi connectivity index (χ2v) is 4.16. The Hall–Kier alpha value is -2.08. The van der Waals surface area contributed by atoms with Gasteiger partial charge in [-0.15, -0.1) is 0 Å². The van der Waals surface area contributed by atoms with Crippen LogP contribution in [0.3, 0.4) is 0 Å². The van der Waals surface area contributed by atoms with Gasteiger partial charge in [0.15, 0.2) is 0 Å². The van der Waals surface area contributed by atoms with E-state index < -0.39 is 5.97 Å². The lowest BCUT2D eigenvalue weighted by Gasteiger charge is -2.07. The molecule has 0 bridgehead atoms. The number of methoxy groups -OCH3 is 1. The Morgan fingerprint density at radius 2 is 1.85 bits per heavy atom. The van der Waals surface area contributed by atoms with Crippen molar-refractivity contribution >= 4 is 11.9 Å². The summed E-state index contributed by atoms with van der Waals surface area (Å²) in [4.78, 5) is 21.7. The van der Waals surface area contributed by atoms with Crippen molar-refractivity contribution in [2.24, 2.45) is 0 Å². The van der Waals surface area contributed by atoms with E-state index in [1.54, 1.807) is 7.11 Å². The van der Waals surface area contributed by atoms with Crippen molar-refractivity contribution in [1.82, 2.24) is 5.32 Å². The average molecular weight is 281 g/mol. The highest BCUT2D eigenvalue weighted by Crippen LogP contribution is 2.12. The van der Waals surface area contributed by atoms with E-state index in [0.29, 0.717) is 19.8 Å². The van der Waals surface area contributed by atoms with Crippen molar-refractivity contribution in [3.05, 3.63) is 29.8 Å². The number of hydrogen-bond acceptors (Lipinski definition) is 4. The van der Waals surface area contributed by atoms with Crippen LogP contribution in [0.2, 0.25) is 0 Å². The van der Waals surface area contributed by atoms with Crippen LogP contribution < -0.4 is 10.1 Å². The maximum atomic E-state index is 11.3. The maximum absolute atomic E-state index is 11.3. The van der Waals surface area contributed by atoms with Crippen molar-refractivity contribution in [2.45, 2.75) is 19.4 Å². The molecule has 0 saturated heterocycles. The number of nitrogens with one attached hydrogen (secondary N) is 1. The molecule has 6 nitrogen and oxygen atoms in total. The van der Waals surface area contributed by atoms with E-state index >= 15 is 0 Å². The molecule has 2 N–H and O–H groups in total. The average Bonchev–Trinajstić information content (AvgIpc) is 2.44. The molecule has 0 atom stereocenters. The van der Waals surface area contributed by atoms with Gasteiger partial charge in [0.2, 0.25) is 5.91 Å². The summed E-state index contributed by atoms with van der Waals surface area (Å²) in [6.45, 7) is 1.39. The van der Waals surface area contributed by atoms with Crippen LogP contribution in [0.25, 0.3) is 0 Å². The highest BCUT2D eigenvalue weighted by molar-refractivity contribution is 5.80. The van der Waals surface area contributed by atoms with Crippen LogP contribution >= 0.6 is 0 Å². The Morgan fingerprint density at radius 1 is 1.15 bits per heavy atom. The number of benzene rings is 1. The molecule has 0 saturated carbocycles. The predicted molar refractivity (Wildman–Crippen MR) is 72.5 cm³/mol. The van der Waals surface area contributed by atoms with Gasteiger partial charge in [0.05, 0.1) is 13.0 Å². The summed E-state index contributed by atoms with van der Waals surface area (Å²) in [6, 6.07) is 7.32. The van der Waals surface area contributed by atoms with Crippen molar-refractivity contribution in [3.63, 3.8) is 0 Å². The molecular formula is C14H19NO5. The Balaban J connectivity index is 2.30. The quantitative estimate of drug-likeness (QED) is 0.664. The lowest BCUT2D eigenvalue weighted by Crippen LogP contribution is -2.23. The van der Waals surface area contributed by atoms with Gasteiger partial charge in [0, 0.05) is 20.1 Å². The van der Waals surface area contributed by atoms with E-state index in [1.165, 1.54) is 0 Å². The fourth-order valence-corrected chi connectivity index (χ4v) is 1.46. The van der Waals surface area contributed by atoms with Crippen LogP contribution in [0.1, 0.15) is 18.4 Å². The summed E-state index contributed by atoms with van der Waals surface area (Å²) in [7, 11) is 1.61. The third-order valence-corrected chi connectivity index (χ3v) is 2.54. The van der Waals surface area contributed by atoms with Crippen LogP contribution in [0.15, 0.2) is 24.3 Å². The van der Waals surface area contributed by atoms with Crippen LogP contribution in [-0.2, 0) is 20.9 Å². The van der Waals surface area contributed by atoms with Crippen LogP contribution in [-0.4, -0.2) is 37.3 Å². The monoisotopic (exact) mass is 281 g/mol. The summed E-state index contributed by atoms with van der Waals surface area (Å²) in [5.74, 6) is -0.506. The maximum Gasteiger partial charge on any atom is 0.303 e. The Morgan fingerprint density at radius 3 is 2.45 bits per heavy atom. The number of ether oxygens (including phenoxy) is 2. The van der Waals surface area contributed by atoms with Crippen molar-refractivity contribution in [1.29, 1.82) is 0 Å². The number of amides is 1. The van der Waals surface area contributed by atoms with Gasteiger partial charge in [-0.3, -0.25) is 9.59 Å². The molecule has 1 aromatic rings. The molecule has 0 radical (unpaired) electrons. The minimum absolute atomic E-state index is 0.00640. The minimum atomic E-state index is -0.974. The molecule has 1 rings (SSSR count). The van der Waals surface area contributed by atoms with Gasteiger partial charge in [-0.25, -0.2) is 0 Å². The first-order valence-corrected chi connectivity index (χ1v) is 6.31. The van der Waals surface area contributed by atoms with Crippen LogP contribution in [0.5, 0.6) is 5.75 Å². The van der Waals surface area contributed by atoms with Gasteiger partial charge in [-0.05, 0) is 17.7 Å². The zero-order valence-corrected chi connectivity index (χ0v) is 11.4. The highest BCUT2D eigenvalue weighted by Gasteiger charge is 2.05. The SMILES string of the molecule is COCCOc1ccc(CNC(=O)CCC(=O)O)cc1. The number of carbonyl (C=O) groups excluding carboxylic acids is 1. The third kappa shape index (κ3) is 6.75. The van der Waals surface area contributed by atoms with Gasteiger partial charge in [0.1, 0.15) is 12.4 Å². The van der Waals surface area contributed by atoms with E-state index in [0.717, 1.165) is 11.3 Å². The van der Waals surface area contributed by atoms with Gasteiger partial charge in [-0.2, -0.15) is 0 Å². The van der Waals surface area contributed by atoms with Crippen molar-refractivity contribution < 1.29 is 24.2 Å². The molecule has 0 aromatic heterocycles. The summed E-state index contributed by atoms with van der Waals surface area (Å²) < 4.78 is 10.3. The lowest BCUT2D eigenvalue weighted by atomic mass is 10.2. The molecule has 0 spiro atoms. The number of hydrogen-bond donors (Lipinski definition) is 2. The third-order valence-electron chi connectivity index (χ3n) is 2.54. The zero-order valence-electron chi connectivity index (χ0n) is 11.4. The summed E-state index contributed by atoms with van der Waals surface area (Å²) in [5.41, 5.74) is 0.924. The first-order chi connectivity index (χ1) is 9.61. The topological polar surface area (TPSA) is 84.9 Å². The number of carbonyl (C=O) groups is 2. The molecule has 0 aliphatic carbocycles. The van der Waals surface area contributed by atoms with E-state index in [4.69, 9.17) is 14.6 Å². The van der Waals surface area contributed by atoms with E-state index in [-0.39, 0.29) is 18.7 Å². The first-order valence-electron chi connectivity index (χ1n) is 6.31. The molecule has 110 valence electrons. The van der Waals surface area contributed by atoms with Crippen molar-refractivity contribution in [3.8, 4) is 5.75 Å². The Kier molecular flexibility index (Phi) is 7.13. The molecule has 0 aliphatic rings. The van der Waals surface area contributed by atoms with Gasteiger partial charge in [-0.1, -0.05) is 12.1 Å².